The highest BCUT2D eigenvalue weighted by atomic mass is 32.1. The summed E-state index contributed by atoms with van der Waals surface area (Å²) in [5, 5.41) is 0. The summed E-state index contributed by atoms with van der Waals surface area (Å²) in [7, 11) is 0. The quantitative estimate of drug-likeness (QED) is 0.493. The third-order valence-electron chi connectivity index (χ3n) is 1.27. The van der Waals surface area contributed by atoms with E-state index in [4.69, 9.17) is 4.74 Å². The maximum absolute atomic E-state index is 5.28. The van der Waals surface area contributed by atoms with Crippen molar-refractivity contribution in [1.29, 1.82) is 0 Å². The Bertz CT molecular complexity index is 114. The van der Waals surface area contributed by atoms with Crippen LogP contribution in [0.5, 0.6) is 0 Å². The lowest BCUT2D eigenvalue weighted by atomic mass is 10.3. The lowest BCUT2D eigenvalue weighted by Gasteiger charge is -2.01. The molecule has 1 rings (SSSR count). The molecule has 1 atom stereocenters. The Kier molecular flexibility index (Phi) is 1.52. The van der Waals surface area contributed by atoms with Crippen LogP contribution in [0.4, 0.5) is 0 Å². The van der Waals surface area contributed by atoms with E-state index in [0.717, 1.165) is 17.1 Å². The molecule has 0 aromatic heterocycles. The molecular formula is C6H10OS. The van der Waals surface area contributed by atoms with Crippen LogP contribution in [0.3, 0.4) is 0 Å². The Morgan fingerprint density at radius 3 is 2.50 bits per heavy atom. The zero-order valence-electron chi connectivity index (χ0n) is 5.14. The van der Waals surface area contributed by atoms with Gasteiger partial charge in [0.25, 0.3) is 0 Å². The molecular weight excluding hydrogens is 120 g/mol. The topological polar surface area (TPSA) is 9.23 Å². The molecule has 0 bridgehead atoms. The van der Waals surface area contributed by atoms with Crippen molar-refractivity contribution in [3.8, 4) is 0 Å². The van der Waals surface area contributed by atoms with E-state index in [2.05, 4.69) is 12.6 Å². The first-order valence-electron chi connectivity index (χ1n) is 2.75. The van der Waals surface area contributed by atoms with Crippen molar-refractivity contribution in [3.63, 3.8) is 0 Å². The van der Waals surface area contributed by atoms with Crippen molar-refractivity contribution in [3.05, 3.63) is 10.7 Å². The fourth-order valence-corrected chi connectivity index (χ4v) is 1.14. The summed E-state index contributed by atoms with van der Waals surface area (Å²) in [6.07, 6.45) is 1.33. The summed E-state index contributed by atoms with van der Waals surface area (Å²) < 4.78 is 5.28. The molecule has 0 saturated heterocycles. The standard InChI is InChI=1S/C6H10OS/c1-4-3-6(8)5(2)7-4/h4,8H,3H2,1-2H3. The van der Waals surface area contributed by atoms with Gasteiger partial charge in [-0.05, 0) is 13.8 Å². The van der Waals surface area contributed by atoms with Crippen molar-refractivity contribution >= 4 is 12.6 Å². The minimum Gasteiger partial charge on any atom is -0.494 e. The fraction of sp³-hybridized carbons (Fsp3) is 0.667. The van der Waals surface area contributed by atoms with E-state index in [1.165, 1.54) is 0 Å². The number of hydrogen-bond donors (Lipinski definition) is 1. The Hall–Kier alpha value is -0.110. The summed E-state index contributed by atoms with van der Waals surface area (Å²) in [5.41, 5.74) is 0. The van der Waals surface area contributed by atoms with Crippen LogP contribution >= 0.6 is 12.6 Å². The summed E-state index contributed by atoms with van der Waals surface area (Å²) in [5.74, 6) is 0.987. The van der Waals surface area contributed by atoms with E-state index in [-0.39, 0.29) is 0 Å². The molecule has 0 aromatic carbocycles. The minimum absolute atomic E-state index is 0.350. The first-order chi connectivity index (χ1) is 3.70. The third-order valence-corrected chi connectivity index (χ3v) is 1.76. The van der Waals surface area contributed by atoms with Crippen molar-refractivity contribution in [1.82, 2.24) is 0 Å². The van der Waals surface area contributed by atoms with Gasteiger partial charge < -0.3 is 4.74 Å². The van der Waals surface area contributed by atoms with Gasteiger partial charge in [-0.3, -0.25) is 0 Å². The average Bonchev–Trinajstić information content (AvgIpc) is 1.85. The SMILES string of the molecule is CC1=C(S)CC(C)O1. The first kappa shape index (κ1) is 6.02. The predicted octanol–water partition coefficient (Wildman–Crippen LogP) is 1.96. The Morgan fingerprint density at radius 1 is 1.75 bits per heavy atom. The predicted molar refractivity (Wildman–Crippen MR) is 36.9 cm³/mol. The molecule has 0 aromatic rings. The number of ether oxygens (including phenoxy) is 1. The van der Waals surface area contributed by atoms with Crippen molar-refractivity contribution in [2.45, 2.75) is 26.4 Å². The van der Waals surface area contributed by atoms with Crippen LogP contribution in [0, 0.1) is 0 Å². The molecule has 0 radical (unpaired) electrons. The average molecular weight is 130 g/mol. The molecule has 0 N–H and O–H groups in total. The molecule has 0 saturated carbocycles. The monoisotopic (exact) mass is 130 g/mol. The normalized spacial score (nSPS) is 28.6. The maximum atomic E-state index is 5.28. The largest absolute Gasteiger partial charge is 0.494 e. The van der Waals surface area contributed by atoms with E-state index in [0.29, 0.717) is 6.10 Å². The van der Waals surface area contributed by atoms with Crippen molar-refractivity contribution in [2.24, 2.45) is 0 Å². The number of hydrogen-bond acceptors (Lipinski definition) is 2. The van der Waals surface area contributed by atoms with E-state index < -0.39 is 0 Å². The Labute approximate surface area is 55.1 Å². The summed E-state index contributed by atoms with van der Waals surface area (Å²) in [4.78, 5) is 1.09. The molecule has 46 valence electrons. The Morgan fingerprint density at radius 2 is 2.38 bits per heavy atom. The van der Waals surface area contributed by atoms with Gasteiger partial charge in [0, 0.05) is 11.3 Å². The highest BCUT2D eigenvalue weighted by molar-refractivity contribution is 7.84. The maximum Gasteiger partial charge on any atom is 0.103 e. The smallest absolute Gasteiger partial charge is 0.103 e. The van der Waals surface area contributed by atoms with Crippen LogP contribution in [0.15, 0.2) is 10.7 Å². The molecule has 8 heavy (non-hydrogen) atoms. The van der Waals surface area contributed by atoms with Gasteiger partial charge in [0.1, 0.15) is 11.9 Å². The molecule has 0 spiro atoms. The van der Waals surface area contributed by atoms with E-state index in [1.54, 1.807) is 0 Å². The van der Waals surface area contributed by atoms with Gasteiger partial charge in [0.05, 0.1) is 0 Å². The van der Waals surface area contributed by atoms with Crippen LogP contribution in [0.25, 0.3) is 0 Å². The number of allylic oxidation sites excluding steroid dienone is 1. The second-order valence-electron chi connectivity index (χ2n) is 2.14. The van der Waals surface area contributed by atoms with Crippen LogP contribution < -0.4 is 0 Å². The van der Waals surface area contributed by atoms with Gasteiger partial charge in [-0.15, -0.1) is 12.6 Å². The van der Waals surface area contributed by atoms with E-state index in [1.807, 2.05) is 13.8 Å². The fourth-order valence-electron chi connectivity index (χ4n) is 0.827. The van der Waals surface area contributed by atoms with Gasteiger partial charge in [-0.25, -0.2) is 0 Å². The highest BCUT2D eigenvalue weighted by Crippen LogP contribution is 2.26. The lowest BCUT2D eigenvalue weighted by molar-refractivity contribution is 0.162. The zero-order valence-corrected chi connectivity index (χ0v) is 6.03. The highest BCUT2D eigenvalue weighted by Gasteiger charge is 2.15. The minimum atomic E-state index is 0.350. The third kappa shape index (κ3) is 0.996. The second-order valence-corrected chi connectivity index (χ2v) is 2.68. The Balaban J connectivity index is 2.60. The second kappa shape index (κ2) is 2.02. The van der Waals surface area contributed by atoms with Gasteiger partial charge in [-0.1, -0.05) is 0 Å². The summed E-state index contributed by atoms with van der Waals surface area (Å²) in [6.45, 7) is 4.00. The molecule has 1 nitrogen and oxygen atoms in total. The van der Waals surface area contributed by atoms with E-state index >= 15 is 0 Å². The van der Waals surface area contributed by atoms with Crippen molar-refractivity contribution < 1.29 is 4.74 Å². The van der Waals surface area contributed by atoms with Gasteiger partial charge in [0.2, 0.25) is 0 Å². The zero-order chi connectivity index (χ0) is 6.15. The van der Waals surface area contributed by atoms with Gasteiger partial charge in [0.15, 0.2) is 0 Å². The van der Waals surface area contributed by atoms with Crippen LogP contribution in [0.1, 0.15) is 20.3 Å². The van der Waals surface area contributed by atoms with Crippen LogP contribution in [-0.4, -0.2) is 6.10 Å². The first-order valence-corrected chi connectivity index (χ1v) is 3.20. The summed E-state index contributed by atoms with van der Waals surface area (Å²) in [6, 6.07) is 0. The summed E-state index contributed by atoms with van der Waals surface area (Å²) >= 11 is 4.20. The molecule has 1 aliphatic rings. The number of thiol groups is 1. The molecule has 1 heterocycles. The van der Waals surface area contributed by atoms with Gasteiger partial charge >= 0.3 is 0 Å². The van der Waals surface area contributed by atoms with Gasteiger partial charge in [-0.2, -0.15) is 0 Å². The van der Waals surface area contributed by atoms with E-state index in [9.17, 15) is 0 Å². The molecule has 1 aliphatic heterocycles. The molecule has 1 unspecified atom stereocenters. The lowest BCUT2D eigenvalue weighted by Crippen LogP contribution is -1.96. The molecule has 0 aliphatic carbocycles. The van der Waals surface area contributed by atoms with Crippen LogP contribution in [-0.2, 0) is 4.74 Å². The van der Waals surface area contributed by atoms with Crippen LogP contribution in [0.2, 0.25) is 0 Å². The number of rotatable bonds is 0. The van der Waals surface area contributed by atoms with Crippen molar-refractivity contribution in [2.75, 3.05) is 0 Å². The molecule has 0 amide bonds. The molecule has 2 heteroatoms. The molecule has 0 fully saturated rings.